The Kier molecular flexibility index (Phi) is 4.85. The van der Waals surface area contributed by atoms with Gasteiger partial charge in [-0.1, -0.05) is 13.8 Å². The molecule has 0 amide bonds. The number of hydrogen-bond acceptors (Lipinski definition) is 4. The molecule has 1 rings (SSSR count). The number of ether oxygens (including phenoxy) is 3. The Morgan fingerprint density at radius 3 is 1.78 bits per heavy atom. The van der Waals surface area contributed by atoms with Gasteiger partial charge in [-0.05, 0) is 5.92 Å². The molecule has 0 bridgehead atoms. The number of methoxy groups -OCH3 is 3. The molecular formula is C14H19NO3. The molecule has 0 aliphatic carbocycles. The molecule has 1 aromatic carbocycles. The van der Waals surface area contributed by atoms with E-state index < -0.39 is 0 Å². The highest BCUT2D eigenvalue weighted by Crippen LogP contribution is 2.41. The van der Waals surface area contributed by atoms with E-state index in [0.717, 1.165) is 5.56 Å². The third kappa shape index (κ3) is 2.67. The number of benzene rings is 1. The topological polar surface area (TPSA) is 51.5 Å². The maximum Gasteiger partial charge on any atom is 0.130 e. The van der Waals surface area contributed by atoms with Crippen LogP contribution in [0.1, 0.15) is 25.3 Å². The Morgan fingerprint density at radius 2 is 1.50 bits per heavy atom. The Hall–Kier alpha value is -1.89. The van der Waals surface area contributed by atoms with Crippen molar-refractivity contribution >= 4 is 0 Å². The Bertz CT molecular complexity index is 424. The van der Waals surface area contributed by atoms with E-state index in [0.29, 0.717) is 17.2 Å². The summed E-state index contributed by atoms with van der Waals surface area (Å²) in [4.78, 5) is 0. The van der Waals surface area contributed by atoms with E-state index in [1.807, 2.05) is 13.8 Å². The second kappa shape index (κ2) is 6.15. The lowest BCUT2D eigenvalue weighted by molar-refractivity contribution is 0.362. The third-order valence-corrected chi connectivity index (χ3v) is 2.87. The summed E-state index contributed by atoms with van der Waals surface area (Å²) in [6, 6.07) is 5.84. The Balaban J connectivity index is 3.44. The number of nitrogens with zero attached hydrogens (tertiary/aromatic N) is 1. The summed E-state index contributed by atoms with van der Waals surface area (Å²) in [5.74, 6) is 1.78. The van der Waals surface area contributed by atoms with Crippen molar-refractivity contribution in [3.05, 3.63) is 17.7 Å². The second-order valence-corrected chi connectivity index (χ2v) is 4.30. The van der Waals surface area contributed by atoms with E-state index in [1.54, 1.807) is 33.5 Å². The van der Waals surface area contributed by atoms with Gasteiger partial charge in [0.15, 0.2) is 0 Å². The van der Waals surface area contributed by atoms with Gasteiger partial charge >= 0.3 is 0 Å². The van der Waals surface area contributed by atoms with Crippen LogP contribution in [0.15, 0.2) is 12.1 Å². The summed E-state index contributed by atoms with van der Waals surface area (Å²) < 4.78 is 15.9. The van der Waals surface area contributed by atoms with Crippen molar-refractivity contribution in [3.63, 3.8) is 0 Å². The summed E-state index contributed by atoms with van der Waals surface area (Å²) in [6.45, 7) is 3.99. The van der Waals surface area contributed by atoms with Gasteiger partial charge in [0.1, 0.15) is 17.2 Å². The van der Waals surface area contributed by atoms with Crippen molar-refractivity contribution in [1.29, 1.82) is 5.26 Å². The summed E-state index contributed by atoms with van der Waals surface area (Å²) in [5.41, 5.74) is 0.776. The smallest absolute Gasteiger partial charge is 0.130 e. The molecule has 1 atom stereocenters. The van der Waals surface area contributed by atoms with Gasteiger partial charge in [0.25, 0.3) is 0 Å². The van der Waals surface area contributed by atoms with Gasteiger partial charge in [-0.25, -0.2) is 0 Å². The summed E-state index contributed by atoms with van der Waals surface area (Å²) in [6.07, 6.45) is 0. The molecule has 0 saturated heterocycles. The number of nitriles is 1. The predicted molar refractivity (Wildman–Crippen MR) is 69.3 cm³/mol. The average molecular weight is 249 g/mol. The fourth-order valence-electron chi connectivity index (χ4n) is 1.89. The highest BCUT2D eigenvalue weighted by molar-refractivity contribution is 5.54. The van der Waals surface area contributed by atoms with Crippen molar-refractivity contribution < 1.29 is 14.2 Å². The fourth-order valence-corrected chi connectivity index (χ4v) is 1.89. The first-order valence-electron chi connectivity index (χ1n) is 5.78. The molecule has 0 saturated carbocycles. The van der Waals surface area contributed by atoms with Gasteiger partial charge in [-0.3, -0.25) is 0 Å². The number of hydrogen-bond donors (Lipinski definition) is 0. The van der Waals surface area contributed by atoms with E-state index in [2.05, 4.69) is 6.07 Å². The van der Waals surface area contributed by atoms with Gasteiger partial charge < -0.3 is 14.2 Å². The van der Waals surface area contributed by atoms with Crippen molar-refractivity contribution in [2.75, 3.05) is 21.3 Å². The van der Waals surface area contributed by atoms with Gasteiger partial charge in [-0.15, -0.1) is 0 Å². The van der Waals surface area contributed by atoms with Crippen LogP contribution in [0.2, 0.25) is 0 Å². The highest BCUT2D eigenvalue weighted by atomic mass is 16.5. The molecule has 0 aliphatic rings. The van der Waals surface area contributed by atoms with Crippen molar-refractivity contribution in [2.45, 2.75) is 19.8 Å². The maximum absolute atomic E-state index is 9.32. The molecule has 4 nitrogen and oxygen atoms in total. The van der Waals surface area contributed by atoms with E-state index in [1.165, 1.54) is 0 Å². The Morgan fingerprint density at radius 1 is 1.00 bits per heavy atom. The minimum Gasteiger partial charge on any atom is -0.496 e. The van der Waals surface area contributed by atoms with Crippen LogP contribution >= 0.6 is 0 Å². The fraction of sp³-hybridized carbons (Fsp3) is 0.500. The molecule has 0 N–H and O–H groups in total. The summed E-state index contributed by atoms with van der Waals surface area (Å²) in [7, 11) is 4.73. The van der Waals surface area contributed by atoms with Crippen LogP contribution in [0, 0.1) is 17.2 Å². The zero-order chi connectivity index (χ0) is 13.7. The molecule has 0 fully saturated rings. The Labute approximate surface area is 108 Å². The standard InChI is InChI=1S/C14H19NO3/c1-9(2)11(8-15)14-12(17-4)6-10(16-3)7-13(14)18-5/h6-7,9,11H,1-5H3. The lowest BCUT2D eigenvalue weighted by Gasteiger charge is -2.20. The first-order chi connectivity index (χ1) is 8.58. The zero-order valence-corrected chi connectivity index (χ0v) is 11.5. The summed E-state index contributed by atoms with van der Waals surface area (Å²) >= 11 is 0. The van der Waals surface area contributed by atoms with E-state index in [-0.39, 0.29) is 11.8 Å². The molecule has 0 radical (unpaired) electrons. The van der Waals surface area contributed by atoms with Crippen molar-refractivity contribution in [2.24, 2.45) is 5.92 Å². The minimum atomic E-state index is -0.277. The van der Waals surface area contributed by atoms with Gasteiger partial charge in [0.05, 0.1) is 38.9 Å². The molecule has 0 aromatic heterocycles. The van der Waals surface area contributed by atoms with Gasteiger partial charge in [0.2, 0.25) is 0 Å². The van der Waals surface area contributed by atoms with E-state index in [4.69, 9.17) is 14.2 Å². The van der Waals surface area contributed by atoms with E-state index in [9.17, 15) is 5.26 Å². The molecule has 98 valence electrons. The molecule has 18 heavy (non-hydrogen) atoms. The predicted octanol–water partition coefficient (Wildman–Crippen LogP) is 2.98. The quantitative estimate of drug-likeness (QED) is 0.805. The molecule has 1 aromatic rings. The van der Waals surface area contributed by atoms with Crippen LogP contribution in [0.25, 0.3) is 0 Å². The summed E-state index contributed by atoms with van der Waals surface area (Å²) in [5, 5.41) is 9.32. The molecule has 0 aliphatic heterocycles. The van der Waals surface area contributed by atoms with Crippen LogP contribution < -0.4 is 14.2 Å². The molecule has 1 unspecified atom stereocenters. The molecule has 4 heteroatoms. The van der Waals surface area contributed by atoms with Crippen LogP contribution in [0.3, 0.4) is 0 Å². The minimum absolute atomic E-state index is 0.172. The normalized spacial score (nSPS) is 11.8. The van der Waals surface area contributed by atoms with Crippen molar-refractivity contribution in [3.8, 4) is 23.3 Å². The monoisotopic (exact) mass is 249 g/mol. The highest BCUT2D eigenvalue weighted by Gasteiger charge is 2.24. The third-order valence-electron chi connectivity index (χ3n) is 2.87. The van der Waals surface area contributed by atoms with Gasteiger partial charge in [0, 0.05) is 12.1 Å². The van der Waals surface area contributed by atoms with Crippen LogP contribution in [-0.2, 0) is 0 Å². The van der Waals surface area contributed by atoms with Crippen LogP contribution in [0.5, 0.6) is 17.2 Å². The van der Waals surface area contributed by atoms with E-state index >= 15 is 0 Å². The molecule has 0 heterocycles. The second-order valence-electron chi connectivity index (χ2n) is 4.30. The average Bonchev–Trinajstić information content (AvgIpc) is 2.38. The largest absolute Gasteiger partial charge is 0.496 e. The lowest BCUT2D eigenvalue weighted by atomic mass is 9.88. The molecular weight excluding hydrogens is 230 g/mol. The van der Waals surface area contributed by atoms with Crippen LogP contribution in [0.4, 0.5) is 0 Å². The van der Waals surface area contributed by atoms with Crippen molar-refractivity contribution in [1.82, 2.24) is 0 Å². The van der Waals surface area contributed by atoms with Crippen LogP contribution in [-0.4, -0.2) is 21.3 Å². The first kappa shape index (κ1) is 14.2. The van der Waals surface area contributed by atoms with Gasteiger partial charge in [-0.2, -0.15) is 5.26 Å². The number of rotatable bonds is 5. The zero-order valence-electron chi connectivity index (χ0n) is 11.5. The maximum atomic E-state index is 9.32. The first-order valence-corrected chi connectivity index (χ1v) is 5.78. The molecule has 0 spiro atoms. The SMILES string of the molecule is COc1cc(OC)c(C(C#N)C(C)C)c(OC)c1. The lowest BCUT2D eigenvalue weighted by Crippen LogP contribution is -2.08.